The van der Waals surface area contributed by atoms with Crippen molar-refractivity contribution in [3.8, 4) is 0 Å². The molecule has 88 valence electrons. The second kappa shape index (κ2) is 4.67. The molecule has 0 bridgehead atoms. The zero-order chi connectivity index (χ0) is 12.4. The topological polar surface area (TPSA) is 16.8 Å². The van der Waals surface area contributed by atoms with E-state index in [1.165, 1.54) is 0 Å². The summed E-state index contributed by atoms with van der Waals surface area (Å²) in [7, 11) is 0. The first-order valence-electron chi connectivity index (χ1n) is 5.69. The van der Waals surface area contributed by atoms with Crippen LogP contribution in [0, 0.1) is 0 Å². The Bertz CT molecular complexity index is 742. The molecule has 0 N–H and O–H groups in total. The van der Waals surface area contributed by atoms with Crippen LogP contribution >= 0.6 is 11.6 Å². The number of benzene rings is 1. The number of rotatable bonds is 1. The Labute approximate surface area is 110 Å². The molecule has 3 heteroatoms. The Balaban J connectivity index is 2.11. The van der Waals surface area contributed by atoms with E-state index in [0.29, 0.717) is 0 Å². The van der Waals surface area contributed by atoms with E-state index in [9.17, 15) is 0 Å². The van der Waals surface area contributed by atoms with Gasteiger partial charge in [-0.25, -0.2) is 4.99 Å². The molecule has 0 aliphatic heterocycles. The summed E-state index contributed by atoms with van der Waals surface area (Å²) in [5, 5.41) is 1.66. The van der Waals surface area contributed by atoms with Crippen molar-refractivity contribution in [2.24, 2.45) is 4.99 Å². The minimum Gasteiger partial charge on any atom is -0.324 e. The molecule has 1 aromatic carbocycles. The predicted molar refractivity (Wildman–Crippen MR) is 74.1 cm³/mol. The molecule has 0 spiro atoms. The van der Waals surface area contributed by atoms with Gasteiger partial charge in [-0.05, 0) is 48.5 Å². The van der Waals surface area contributed by atoms with Crippen molar-refractivity contribution < 1.29 is 0 Å². The number of fused-ring (bicyclic) bond motifs is 1. The number of halogens is 1. The lowest BCUT2D eigenvalue weighted by molar-refractivity contribution is 1.14. The van der Waals surface area contributed by atoms with Crippen LogP contribution in [-0.4, -0.2) is 4.40 Å². The molecular weight excluding hydrogens is 244 g/mol. The standard InChI is InChI=1S/C15H11ClN2/c16-12-4-6-13(7-5-12)17-14-8-10-18-9-2-1-3-15(18)11-14/h1-11H. The van der Waals surface area contributed by atoms with E-state index in [1.54, 1.807) is 0 Å². The molecule has 3 aromatic rings. The zero-order valence-corrected chi connectivity index (χ0v) is 10.4. The normalized spacial score (nSPS) is 11.9. The molecule has 3 rings (SSSR count). The average Bonchev–Trinajstić information content (AvgIpc) is 2.41. The summed E-state index contributed by atoms with van der Waals surface area (Å²) in [6.07, 6.45) is 4.02. The molecule has 2 heterocycles. The van der Waals surface area contributed by atoms with Gasteiger partial charge in [0.2, 0.25) is 0 Å². The summed E-state index contributed by atoms with van der Waals surface area (Å²) in [5.74, 6) is 0. The highest BCUT2D eigenvalue weighted by atomic mass is 35.5. The third-order valence-electron chi connectivity index (χ3n) is 2.71. The molecule has 2 nitrogen and oxygen atoms in total. The first-order chi connectivity index (χ1) is 8.81. The van der Waals surface area contributed by atoms with Crippen LogP contribution in [0.1, 0.15) is 0 Å². The SMILES string of the molecule is Clc1ccc(N=c2ccn3ccccc3c2)cc1. The number of aromatic nitrogens is 1. The Hall–Kier alpha value is -2.06. The van der Waals surface area contributed by atoms with E-state index in [2.05, 4.69) is 21.5 Å². The van der Waals surface area contributed by atoms with E-state index < -0.39 is 0 Å². The summed E-state index contributed by atoms with van der Waals surface area (Å²) in [5.41, 5.74) is 2.02. The molecule has 2 aromatic heterocycles. The van der Waals surface area contributed by atoms with Crippen molar-refractivity contribution in [3.05, 3.63) is 77.4 Å². The van der Waals surface area contributed by atoms with Gasteiger partial charge in [0.05, 0.1) is 11.0 Å². The van der Waals surface area contributed by atoms with Gasteiger partial charge in [0.25, 0.3) is 0 Å². The molecule has 0 aliphatic rings. The molecule has 18 heavy (non-hydrogen) atoms. The Kier molecular flexibility index (Phi) is 2.87. The molecule has 0 radical (unpaired) electrons. The molecular formula is C15H11ClN2. The molecule has 0 saturated heterocycles. The molecule has 0 aliphatic carbocycles. The van der Waals surface area contributed by atoms with Gasteiger partial charge in [0.1, 0.15) is 0 Å². The Morgan fingerprint density at radius 3 is 2.56 bits per heavy atom. The lowest BCUT2D eigenvalue weighted by Gasteiger charge is -1.99. The van der Waals surface area contributed by atoms with Crippen molar-refractivity contribution in [2.45, 2.75) is 0 Å². The van der Waals surface area contributed by atoms with E-state index in [1.807, 2.05) is 54.9 Å². The number of nitrogens with zero attached hydrogens (tertiary/aromatic N) is 2. The maximum atomic E-state index is 5.85. The fourth-order valence-electron chi connectivity index (χ4n) is 1.82. The average molecular weight is 255 g/mol. The van der Waals surface area contributed by atoms with Gasteiger partial charge in [-0.15, -0.1) is 0 Å². The summed E-state index contributed by atoms with van der Waals surface area (Å²) < 4.78 is 2.06. The van der Waals surface area contributed by atoms with Crippen LogP contribution in [0.3, 0.4) is 0 Å². The van der Waals surface area contributed by atoms with Gasteiger partial charge < -0.3 is 4.40 Å². The minimum absolute atomic E-state index is 0.725. The van der Waals surface area contributed by atoms with Crippen LogP contribution in [0.5, 0.6) is 0 Å². The molecule has 0 unspecified atom stereocenters. The van der Waals surface area contributed by atoms with Crippen LogP contribution < -0.4 is 5.36 Å². The van der Waals surface area contributed by atoms with Crippen LogP contribution in [-0.2, 0) is 0 Å². The van der Waals surface area contributed by atoms with Gasteiger partial charge in [-0.2, -0.15) is 0 Å². The van der Waals surface area contributed by atoms with Gasteiger partial charge in [0, 0.05) is 22.9 Å². The summed E-state index contributed by atoms with van der Waals surface area (Å²) in [4.78, 5) is 4.56. The summed E-state index contributed by atoms with van der Waals surface area (Å²) in [6.45, 7) is 0. The monoisotopic (exact) mass is 254 g/mol. The first kappa shape index (κ1) is 11.1. The quantitative estimate of drug-likeness (QED) is 0.628. The fourth-order valence-corrected chi connectivity index (χ4v) is 1.94. The van der Waals surface area contributed by atoms with Crippen molar-refractivity contribution in [1.82, 2.24) is 4.40 Å². The predicted octanol–water partition coefficient (Wildman–Crippen LogP) is 3.83. The van der Waals surface area contributed by atoms with E-state index in [0.717, 1.165) is 21.6 Å². The number of hydrogen-bond donors (Lipinski definition) is 0. The van der Waals surface area contributed by atoms with Crippen LogP contribution in [0.25, 0.3) is 5.52 Å². The summed E-state index contributed by atoms with van der Waals surface area (Å²) >= 11 is 5.85. The van der Waals surface area contributed by atoms with Crippen molar-refractivity contribution in [1.29, 1.82) is 0 Å². The van der Waals surface area contributed by atoms with E-state index in [4.69, 9.17) is 11.6 Å². The Morgan fingerprint density at radius 1 is 0.889 bits per heavy atom. The van der Waals surface area contributed by atoms with Gasteiger partial charge >= 0.3 is 0 Å². The fraction of sp³-hybridized carbons (Fsp3) is 0. The van der Waals surface area contributed by atoms with Gasteiger partial charge in [-0.3, -0.25) is 0 Å². The molecule has 0 amide bonds. The zero-order valence-electron chi connectivity index (χ0n) is 9.62. The highest BCUT2D eigenvalue weighted by molar-refractivity contribution is 6.30. The minimum atomic E-state index is 0.725. The second-order valence-corrected chi connectivity index (χ2v) is 4.44. The third kappa shape index (κ3) is 2.29. The summed E-state index contributed by atoms with van der Waals surface area (Å²) in [6, 6.07) is 17.6. The van der Waals surface area contributed by atoms with Crippen LogP contribution in [0.4, 0.5) is 5.69 Å². The van der Waals surface area contributed by atoms with Gasteiger partial charge in [-0.1, -0.05) is 17.7 Å². The van der Waals surface area contributed by atoms with Crippen LogP contribution in [0.2, 0.25) is 5.02 Å². The van der Waals surface area contributed by atoms with E-state index >= 15 is 0 Å². The molecule has 0 atom stereocenters. The lowest BCUT2D eigenvalue weighted by atomic mass is 10.3. The van der Waals surface area contributed by atoms with E-state index in [-0.39, 0.29) is 0 Å². The lowest BCUT2D eigenvalue weighted by Crippen LogP contribution is -2.01. The maximum Gasteiger partial charge on any atom is 0.0672 e. The smallest absolute Gasteiger partial charge is 0.0672 e. The molecule has 0 fully saturated rings. The van der Waals surface area contributed by atoms with Crippen molar-refractivity contribution >= 4 is 22.8 Å². The number of hydrogen-bond acceptors (Lipinski definition) is 1. The van der Waals surface area contributed by atoms with Gasteiger partial charge in [0.15, 0.2) is 0 Å². The van der Waals surface area contributed by atoms with Crippen LogP contribution in [0.15, 0.2) is 72.0 Å². The third-order valence-corrected chi connectivity index (χ3v) is 2.96. The molecule has 0 saturated carbocycles. The second-order valence-electron chi connectivity index (χ2n) is 4.01. The van der Waals surface area contributed by atoms with Crippen molar-refractivity contribution in [2.75, 3.05) is 0 Å². The largest absolute Gasteiger partial charge is 0.324 e. The Morgan fingerprint density at radius 2 is 1.72 bits per heavy atom. The van der Waals surface area contributed by atoms with Crippen molar-refractivity contribution in [3.63, 3.8) is 0 Å². The highest BCUT2D eigenvalue weighted by Gasteiger charge is 1.91. The maximum absolute atomic E-state index is 5.85. The first-order valence-corrected chi connectivity index (χ1v) is 6.06. The highest BCUT2D eigenvalue weighted by Crippen LogP contribution is 2.15. The number of pyridine rings is 2.